The number of carbonyl (C=O) groups is 1. The zero-order valence-corrected chi connectivity index (χ0v) is 11.3. The van der Waals surface area contributed by atoms with Crippen LogP contribution in [0.5, 0.6) is 0 Å². The maximum absolute atomic E-state index is 11.5. The fourth-order valence-corrected chi connectivity index (χ4v) is 2.38. The lowest BCUT2D eigenvalue weighted by Gasteiger charge is -2.15. The Morgan fingerprint density at radius 3 is 2.47 bits per heavy atom. The minimum Gasteiger partial charge on any atom is -0.481 e. The van der Waals surface area contributed by atoms with Gasteiger partial charge in [-0.05, 0) is 37.0 Å². The Labute approximate surface area is 113 Å². The van der Waals surface area contributed by atoms with E-state index in [1.807, 2.05) is 62.4 Å². The third kappa shape index (κ3) is 3.22. The zero-order chi connectivity index (χ0) is 13.8. The van der Waals surface area contributed by atoms with Crippen molar-refractivity contribution in [1.29, 1.82) is 0 Å². The van der Waals surface area contributed by atoms with E-state index in [4.69, 9.17) is 0 Å². The van der Waals surface area contributed by atoms with Crippen molar-refractivity contribution in [3.05, 3.63) is 70.8 Å². The van der Waals surface area contributed by atoms with E-state index in [1.165, 1.54) is 0 Å². The third-order valence-corrected chi connectivity index (χ3v) is 3.38. The Kier molecular flexibility index (Phi) is 4.00. The largest absolute Gasteiger partial charge is 0.481 e. The third-order valence-electron chi connectivity index (χ3n) is 3.38. The molecule has 1 N–H and O–H groups in total. The molecular formula is C17H18O2. The van der Waals surface area contributed by atoms with E-state index in [0.29, 0.717) is 6.42 Å². The summed E-state index contributed by atoms with van der Waals surface area (Å²) in [6.45, 7) is 3.98. The molecule has 2 rings (SSSR count). The van der Waals surface area contributed by atoms with E-state index in [1.54, 1.807) is 0 Å². The number of aryl methyl sites for hydroxylation is 2. The van der Waals surface area contributed by atoms with Gasteiger partial charge in [0.1, 0.15) is 0 Å². The summed E-state index contributed by atoms with van der Waals surface area (Å²) in [7, 11) is 0. The fourth-order valence-electron chi connectivity index (χ4n) is 2.38. The summed E-state index contributed by atoms with van der Waals surface area (Å²) in [5.74, 6) is -1.25. The Balaban J connectivity index is 2.32. The number of hydrogen-bond acceptors (Lipinski definition) is 1. The first-order chi connectivity index (χ1) is 9.08. The Hall–Kier alpha value is -2.09. The van der Waals surface area contributed by atoms with Crippen molar-refractivity contribution in [3.8, 4) is 0 Å². The zero-order valence-electron chi connectivity index (χ0n) is 11.3. The van der Waals surface area contributed by atoms with E-state index in [2.05, 4.69) is 0 Å². The van der Waals surface area contributed by atoms with Gasteiger partial charge in [-0.1, -0.05) is 54.1 Å². The van der Waals surface area contributed by atoms with Crippen LogP contribution in [-0.4, -0.2) is 11.1 Å². The van der Waals surface area contributed by atoms with Gasteiger partial charge in [-0.15, -0.1) is 0 Å². The molecule has 2 heteroatoms. The van der Waals surface area contributed by atoms with Gasteiger partial charge in [0, 0.05) is 0 Å². The van der Waals surface area contributed by atoms with Crippen molar-refractivity contribution in [3.63, 3.8) is 0 Å². The summed E-state index contributed by atoms with van der Waals surface area (Å²) in [6.07, 6.45) is 0.530. The van der Waals surface area contributed by atoms with Crippen molar-refractivity contribution < 1.29 is 9.90 Å². The van der Waals surface area contributed by atoms with Gasteiger partial charge in [0.2, 0.25) is 0 Å². The number of aliphatic carboxylic acids is 1. The van der Waals surface area contributed by atoms with Gasteiger partial charge in [0.05, 0.1) is 5.92 Å². The van der Waals surface area contributed by atoms with Crippen LogP contribution in [0.1, 0.15) is 28.2 Å². The molecule has 0 saturated heterocycles. The van der Waals surface area contributed by atoms with E-state index < -0.39 is 11.9 Å². The smallest absolute Gasteiger partial charge is 0.311 e. The quantitative estimate of drug-likeness (QED) is 0.903. The second-order valence-corrected chi connectivity index (χ2v) is 4.94. The molecule has 0 heterocycles. The Morgan fingerprint density at radius 1 is 1.11 bits per heavy atom. The van der Waals surface area contributed by atoms with Crippen LogP contribution >= 0.6 is 0 Å². The van der Waals surface area contributed by atoms with E-state index >= 15 is 0 Å². The van der Waals surface area contributed by atoms with Crippen LogP contribution in [-0.2, 0) is 11.2 Å². The number of benzene rings is 2. The molecule has 1 unspecified atom stereocenters. The topological polar surface area (TPSA) is 37.3 Å². The second kappa shape index (κ2) is 5.70. The second-order valence-electron chi connectivity index (χ2n) is 4.94. The number of carboxylic acids is 1. The van der Waals surface area contributed by atoms with Gasteiger partial charge >= 0.3 is 5.97 Å². The monoisotopic (exact) mass is 254 g/mol. The van der Waals surface area contributed by atoms with Crippen LogP contribution in [0.4, 0.5) is 0 Å². The molecular weight excluding hydrogens is 236 g/mol. The Bertz CT molecular complexity index is 587. The van der Waals surface area contributed by atoms with Crippen molar-refractivity contribution in [1.82, 2.24) is 0 Å². The predicted octanol–water partition coefficient (Wildman–Crippen LogP) is 3.71. The standard InChI is InChI=1S/C17H18O2/c1-12-6-5-8-14(10-12)11-16(17(18)19)15-9-4-3-7-13(15)2/h3-10,16H,11H2,1-2H3,(H,18,19). The minimum atomic E-state index is -0.768. The Morgan fingerprint density at radius 2 is 1.84 bits per heavy atom. The van der Waals surface area contributed by atoms with Gasteiger partial charge in [0.25, 0.3) is 0 Å². The summed E-state index contributed by atoms with van der Waals surface area (Å²) in [4.78, 5) is 11.5. The van der Waals surface area contributed by atoms with Gasteiger partial charge in [0.15, 0.2) is 0 Å². The van der Waals surface area contributed by atoms with E-state index in [-0.39, 0.29) is 0 Å². The summed E-state index contributed by atoms with van der Waals surface area (Å²) in [5, 5.41) is 9.48. The van der Waals surface area contributed by atoms with Crippen LogP contribution in [0.2, 0.25) is 0 Å². The SMILES string of the molecule is Cc1cccc(CC(C(=O)O)c2ccccc2C)c1. The summed E-state index contributed by atoms with van der Waals surface area (Å²) in [6, 6.07) is 15.7. The maximum atomic E-state index is 11.5. The maximum Gasteiger partial charge on any atom is 0.311 e. The highest BCUT2D eigenvalue weighted by atomic mass is 16.4. The molecule has 0 spiro atoms. The molecule has 0 aliphatic heterocycles. The van der Waals surface area contributed by atoms with Gasteiger partial charge in [-0.25, -0.2) is 0 Å². The molecule has 1 atom stereocenters. The van der Waals surface area contributed by atoms with Crippen molar-refractivity contribution in [2.24, 2.45) is 0 Å². The molecule has 0 aliphatic carbocycles. The first-order valence-corrected chi connectivity index (χ1v) is 6.42. The van der Waals surface area contributed by atoms with Crippen LogP contribution in [0.25, 0.3) is 0 Å². The summed E-state index contributed by atoms with van der Waals surface area (Å²) in [5.41, 5.74) is 4.15. The highest BCUT2D eigenvalue weighted by Crippen LogP contribution is 2.24. The number of rotatable bonds is 4. The molecule has 2 aromatic rings. The first kappa shape index (κ1) is 13.3. The molecule has 0 bridgehead atoms. The molecule has 98 valence electrons. The van der Waals surface area contributed by atoms with Crippen LogP contribution in [0.15, 0.2) is 48.5 Å². The number of hydrogen-bond donors (Lipinski definition) is 1. The minimum absolute atomic E-state index is 0.483. The predicted molar refractivity (Wildman–Crippen MR) is 76.4 cm³/mol. The van der Waals surface area contributed by atoms with Gasteiger partial charge in [-0.3, -0.25) is 4.79 Å². The van der Waals surface area contributed by atoms with Crippen molar-refractivity contribution in [2.75, 3.05) is 0 Å². The highest BCUT2D eigenvalue weighted by molar-refractivity contribution is 5.77. The van der Waals surface area contributed by atoms with Crippen LogP contribution in [0.3, 0.4) is 0 Å². The van der Waals surface area contributed by atoms with E-state index in [0.717, 1.165) is 22.3 Å². The molecule has 2 aromatic carbocycles. The molecule has 0 aromatic heterocycles. The molecule has 19 heavy (non-hydrogen) atoms. The molecule has 0 amide bonds. The molecule has 0 saturated carbocycles. The van der Waals surface area contributed by atoms with E-state index in [9.17, 15) is 9.90 Å². The molecule has 0 fully saturated rings. The fraction of sp³-hybridized carbons (Fsp3) is 0.235. The summed E-state index contributed by atoms with van der Waals surface area (Å²) >= 11 is 0. The molecule has 0 radical (unpaired) electrons. The molecule has 0 aliphatic rings. The normalized spacial score (nSPS) is 12.1. The van der Waals surface area contributed by atoms with Gasteiger partial charge < -0.3 is 5.11 Å². The van der Waals surface area contributed by atoms with Crippen molar-refractivity contribution in [2.45, 2.75) is 26.2 Å². The highest BCUT2D eigenvalue weighted by Gasteiger charge is 2.21. The average Bonchev–Trinajstić information content (AvgIpc) is 2.37. The van der Waals surface area contributed by atoms with Gasteiger partial charge in [-0.2, -0.15) is 0 Å². The first-order valence-electron chi connectivity index (χ1n) is 6.42. The number of carboxylic acid groups (broad SMARTS) is 1. The lowest BCUT2D eigenvalue weighted by molar-refractivity contribution is -0.138. The molecule has 2 nitrogen and oxygen atoms in total. The average molecular weight is 254 g/mol. The lowest BCUT2D eigenvalue weighted by Crippen LogP contribution is -2.15. The van der Waals surface area contributed by atoms with Crippen LogP contribution < -0.4 is 0 Å². The van der Waals surface area contributed by atoms with Crippen LogP contribution in [0, 0.1) is 13.8 Å². The lowest BCUT2D eigenvalue weighted by atomic mass is 9.89. The van der Waals surface area contributed by atoms with Crippen molar-refractivity contribution >= 4 is 5.97 Å². The summed E-state index contributed by atoms with van der Waals surface area (Å²) < 4.78 is 0.